The van der Waals surface area contributed by atoms with Crippen LogP contribution in [-0.4, -0.2) is 0 Å². The first-order valence-corrected chi connectivity index (χ1v) is 17.4. The number of allylic oxidation sites excluding steroid dienone is 4. The number of hydrogen-bond donors (Lipinski definition) is 0. The molecule has 2 aliphatic carbocycles. The standard InChI is InChI=1S/C45H31NOS/c1-45-27-12-11-21-36(45)39(28-41-42(45)35-26-25-30-16-5-6-18-32(30)44(35)48-41)46(37-22-9-7-17-31(37)29-14-3-2-4-15-29)38-23-13-20-34-33-19-8-10-24-40(33)47-43(34)38/h2-28,36H,1H3. The molecule has 2 aromatic heterocycles. The van der Waals surface area contributed by atoms with Gasteiger partial charge in [0.1, 0.15) is 5.58 Å². The molecule has 2 heterocycles. The predicted molar refractivity (Wildman–Crippen MR) is 204 cm³/mol. The first kappa shape index (κ1) is 27.5. The number of fused-ring (bicyclic) bond motifs is 10. The highest BCUT2D eigenvalue weighted by atomic mass is 32.1. The molecule has 0 saturated carbocycles. The number of para-hydroxylation sites is 3. The third-order valence-electron chi connectivity index (χ3n) is 10.4. The summed E-state index contributed by atoms with van der Waals surface area (Å²) < 4.78 is 8.11. The van der Waals surface area contributed by atoms with Crippen molar-refractivity contribution in [3.05, 3.63) is 174 Å². The Morgan fingerprint density at radius 2 is 1.40 bits per heavy atom. The molecule has 2 nitrogen and oxygen atoms in total. The fourth-order valence-corrected chi connectivity index (χ4v) is 9.56. The molecule has 0 aliphatic heterocycles. The van der Waals surface area contributed by atoms with Crippen LogP contribution in [0.1, 0.15) is 17.4 Å². The van der Waals surface area contributed by atoms with Gasteiger partial charge in [-0.2, -0.15) is 0 Å². The maximum Gasteiger partial charge on any atom is 0.159 e. The molecule has 0 saturated heterocycles. The lowest BCUT2D eigenvalue weighted by molar-refractivity contribution is 0.473. The normalized spacial score (nSPS) is 18.4. The van der Waals surface area contributed by atoms with Crippen molar-refractivity contribution in [1.29, 1.82) is 0 Å². The van der Waals surface area contributed by atoms with E-state index < -0.39 is 0 Å². The van der Waals surface area contributed by atoms with E-state index >= 15 is 0 Å². The first-order valence-electron chi connectivity index (χ1n) is 16.6. The monoisotopic (exact) mass is 633 g/mol. The van der Waals surface area contributed by atoms with Gasteiger partial charge >= 0.3 is 0 Å². The Hall–Kier alpha value is -5.64. The van der Waals surface area contributed by atoms with Gasteiger partial charge in [0.15, 0.2) is 5.58 Å². The SMILES string of the molecule is CC12C=CC=CC1C(N(c1ccccc1-c1ccccc1)c1cccc3c1oc1ccccc13)=Cc1sc3c(ccc4ccccc43)c12. The van der Waals surface area contributed by atoms with Gasteiger partial charge in [-0.3, -0.25) is 0 Å². The van der Waals surface area contributed by atoms with Crippen LogP contribution in [0.5, 0.6) is 0 Å². The summed E-state index contributed by atoms with van der Waals surface area (Å²) in [6.07, 6.45) is 11.7. The van der Waals surface area contributed by atoms with E-state index in [0.717, 1.165) is 33.3 Å². The van der Waals surface area contributed by atoms with Crippen molar-refractivity contribution in [2.45, 2.75) is 12.3 Å². The van der Waals surface area contributed by atoms with Crippen LogP contribution in [0.15, 0.2) is 168 Å². The Bertz CT molecular complexity index is 2650. The van der Waals surface area contributed by atoms with Gasteiger partial charge in [-0.1, -0.05) is 146 Å². The molecule has 3 heteroatoms. The maximum absolute atomic E-state index is 6.75. The lowest BCUT2D eigenvalue weighted by Gasteiger charge is -2.44. The predicted octanol–water partition coefficient (Wildman–Crippen LogP) is 12.8. The van der Waals surface area contributed by atoms with Crippen molar-refractivity contribution in [3.63, 3.8) is 0 Å². The topological polar surface area (TPSA) is 16.4 Å². The first-order chi connectivity index (χ1) is 23.7. The summed E-state index contributed by atoms with van der Waals surface area (Å²) >= 11 is 1.92. The average Bonchev–Trinajstić information content (AvgIpc) is 3.72. The zero-order chi connectivity index (χ0) is 31.8. The van der Waals surface area contributed by atoms with Gasteiger partial charge in [-0.05, 0) is 51.6 Å². The quantitative estimate of drug-likeness (QED) is 0.192. The number of anilines is 2. The maximum atomic E-state index is 6.75. The third-order valence-corrected chi connectivity index (χ3v) is 11.5. The number of hydrogen-bond acceptors (Lipinski definition) is 3. The van der Waals surface area contributed by atoms with Gasteiger partial charge in [0.05, 0.1) is 11.4 Å². The summed E-state index contributed by atoms with van der Waals surface area (Å²) in [5.41, 5.74) is 8.72. The molecule has 228 valence electrons. The number of rotatable bonds is 4. The molecule has 2 aliphatic rings. The van der Waals surface area contributed by atoms with Crippen molar-refractivity contribution < 1.29 is 4.42 Å². The van der Waals surface area contributed by atoms with E-state index in [1.165, 1.54) is 48.1 Å². The molecule has 10 rings (SSSR count). The zero-order valence-corrected chi connectivity index (χ0v) is 27.2. The molecule has 0 N–H and O–H groups in total. The summed E-state index contributed by atoms with van der Waals surface area (Å²) in [4.78, 5) is 3.80. The van der Waals surface area contributed by atoms with Gasteiger partial charge in [0.2, 0.25) is 0 Å². The van der Waals surface area contributed by atoms with E-state index in [4.69, 9.17) is 4.42 Å². The number of nitrogens with zero attached hydrogens (tertiary/aromatic N) is 1. The van der Waals surface area contributed by atoms with Crippen LogP contribution in [-0.2, 0) is 5.41 Å². The lowest BCUT2D eigenvalue weighted by Crippen LogP contribution is -2.39. The van der Waals surface area contributed by atoms with Gasteiger partial charge in [0, 0.05) is 42.9 Å². The fourth-order valence-electron chi connectivity index (χ4n) is 8.15. The number of benzene rings is 6. The summed E-state index contributed by atoms with van der Waals surface area (Å²) in [6.45, 7) is 2.42. The minimum Gasteiger partial charge on any atom is -0.454 e. The van der Waals surface area contributed by atoms with Crippen LogP contribution in [0.4, 0.5) is 11.4 Å². The zero-order valence-electron chi connectivity index (χ0n) is 26.4. The molecule has 0 amide bonds. The molecule has 8 aromatic rings. The molecule has 48 heavy (non-hydrogen) atoms. The molecule has 0 bridgehead atoms. The van der Waals surface area contributed by atoms with Crippen LogP contribution < -0.4 is 4.90 Å². The smallest absolute Gasteiger partial charge is 0.159 e. The molecule has 2 atom stereocenters. The molecule has 0 spiro atoms. The Morgan fingerprint density at radius 1 is 0.646 bits per heavy atom. The van der Waals surface area contributed by atoms with Crippen molar-refractivity contribution >= 4 is 71.6 Å². The second-order valence-electron chi connectivity index (χ2n) is 13.0. The highest BCUT2D eigenvalue weighted by Gasteiger charge is 2.45. The Balaban J connectivity index is 1.31. The Morgan fingerprint density at radius 3 is 2.31 bits per heavy atom. The second-order valence-corrected chi connectivity index (χ2v) is 14.1. The summed E-state index contributed by atoms with van der Waals surface area (Å²) in [5, 5.41) is 6.21. The van der Waals surface area contributed by atoms with Crippen molar-refractivity contribution in [2.24, 2.45) is 5.92 Å². The van der Waals surface area contributed by atoms with Gasteiger partial charge in [-0.15, -0.1) is 11.3 Å². The average molecular weight is 634 g/mol. The molecular formula is C45H31NOS. The van der Waals surface area contributed by atoms with Crippen molar-refractivity contribution in [2.75, 3.05) is 4.90 Å². The lowest BCUT2D eigenvalue weighted by atomic mass is 9.64. The van der Waals surface area contributed by atoms with E-state index in [1.807, 2.05) is 17.4 Å². The second kappa shape index (κ2) is 10.4. The Kier molecular flexibility index (Phi) is 5.97. The van der Waals surface area contributed by atoms with Crippen LogP contribution >= 0.6 is 11.3 Å². The van der Waals surface area contributed by atoms with Gasteiger partial charge < -0.3 is 9.32 Å². The summed E-state index contributed by atoms with van der Waals surface area (Å²) in [6, 6.07) is 47.9. The molecule has 0 fully saturated rings. The van der Waals surface area contributed by atoms with Crippen LogP contribution in [0.2, 0.25) is 0 Å². The highest BCUT2D eigenvalue weighted by molar-refractivity contribution is 7.21. The molecular weight excluding hydrogens is 603 g/mol. The van der Waals surface area contributed by atoms with E-state index in [9.17, 15) is 0 Å². The summed E-state index contributed by atoms with van der Waals surface area (Å²) in [7, 11) is 0. The van der Waals surface area contributed by atoms with Crippen LogP contribution in [0.25, 0.3) is 60.0 Å². The van der Waals surface area contributed by atoms with Crippen LogP contribution in [0.3, 0.4) is 0 Å². The van der Waals surface area contributed by atoms with E-state index in [0.29, 0.717) is 0 Å². The number of furan rings is 1. The van der Waals surface area contributed by atoms with Crippen molar-refractivity contribution in [3.8, 4) is 11.1 Å². The van der Waals surface area contributed by atoms with Gasteiger partial charge in [-0.25, -0.2) is 0 Å². The van der Waals surface area contributed by atoms with Crippen LogP contribution in [0, 0.1) is 5.92 Å². The van der Waals surface area contributed by atoms with E-state index in [1.54, 1.807) is 0 Å². The Labute approximate surface area is 283 Å². The minimum absolute atomic E-state index is 0.0859. The molecule has 6 aromatic carbocycles. The summed E-state index contributed by atoms with van der Waals surface area (Å²) in [5.74, 6) is 0.0859. The van der Waals surface area contributed by atoms with E-state index in [2.05, 4.69) is 170 Å². The molecule has 2 unspecified atom stereocenters. The van der Waals surface area contributed by atoms with Crippen molar-refractivity contribution in [1.82, 2.24) is 0 Å². The van der Waals surface area contributed by atoms with E-state index in [-0.39, 0.29) is 11.3 Å². The minimum atomic E-state index is -0.253. The van der Waals surface area contributed by atoms with Gasteiger partial charge in [0.25, 0.3) is 0 Å². The highest BCUT2D eigenvalue weighted by Crippen LogP contribution is 2.56. The third kappa shape index (κ3) is 3.92. The molecule has 0 radical (unpaired) electrons. The number of thiophene rings is 1. The fraction of sp³-hybridized carbons (Fsp3) is 0.0667. The largest absolute Gasteiger partial charge is 0.454 e.